The van der Waals surface area contributed by atoms with Gasteiger partial charge >= 0.3 is 11.9 Å². The van der Waals surface area contributed by atoms with Crippen LogP contribution in [0.3, 0.4) is 0 Å². The number of nitrogens with zero attached hydrogens (tertiary/aromatic N) is 6. The van der Waals surface area contributed by atoms with Crippen LogP contribution in [-0.4, -0.2) is 44.6 Å². The molecule has 0 bridgehead atoms. The van der Waals surface area contributed by atoms with Crippen molar-refractivity contribution in [1.29, 1.82) is 5.26 Å². The van der Waals surface area contributed by atoms with Gasteiger partial charge in [0.15, 0.2) is 5.82 Å². The summed E-state index contributed by atoms with van der Waals surface area (Å²) in [7, 11) is 1.63. The van der Waals surface area contributed by atoms with Crippen LogP contribution in [0.2, 0.25) is 0 Å². The Hall–Kier alpha value is -3.45. The van der Waals surface area contributed by atoms with E-state index >= 15 is 0 Å². The average molecular weight is 499 g/mol. The van der Waals surface area contributed by atoms with Gasteiger partial charge in [-0.3, -0.25) is 9.47 Å². The molecule has 0 spiro atoms. The van der Waals surface area contributed by atoms with Crippen LogP contribution in [0.1, 0.15) is 56.5 Å². The molecule has 1 saturated heterocycles. The van der Waals surface area contributed by atoms with E-state index in [0.717, 1.165) is 30.5 Å². The van der Waals surface area contributed by atoms with E-state index in [0.29, 0.717) is 29.9 Å². The fourth-order valence-electron chi connectivity index (χ4n) is 5.03. The summed E-state index contributed by atoms with van der Waals surface area (Å²) in [4.78, 5) is 26.0. The number of fused-ring (bicyclic) bond motifs is 1. The lowest BCUT2D eigenvalue weighted by molar-refractivity contribution is -0.137. The van der Waals surface area contributed by atoms with Crippen molar-refractivity contribution < 1.29 is 13.2 Å². The number of benzene rings is 1. The number of pyridine rings is 1. The lowest BCUT2D eigenvalue weighted by Crippen LogP contribution is -2.59. The van der Waals surface area contributed by atoms with Crippen LogP contribution < -0.4 is 10.6 Å². The molecule has 3 aromatic rings. The van der Waals surface area contributed by atoms with Gasteiger partial charge in [-0.25, -0.2) is 9.78 Å². The second kappa shape index (κ2) is 9.90. The van der Waals surface area contributed by atoms with Gasteiger partial charge in [0, 0.05) is 38.3 Å². The number of alkyl halides is 3. The monoisotopic (exact) mass is 498 g/mol. The Balaban J connectivity index is 1.70. The van der Waals surface area contributed by atoms with Gasteiger partial charge < -0.3 is 4.90 Å². The van der Waals surface area contributed by atoms with Crippen LogP contribution in [0.5, 0.6) is 0 Å². The molecule has 2 aromatic heterocycles. The standard InChI is InChI=1S/C26H29F3N6O/c1-5-20-15-35(24-23-22(33(4)25(36)32-24)12-11-19(13-30)31-23)21(6-2)14-34(20)16(3)17-7-9-18(10-8-17)26(27,28)29/h7-12,16,20-21H,5-6,14-15H2,1-4H3/t16-,20+,21-/m0/s1. The molecule has 0 radical (unpaired) electrons. The first kappa shape index (κ1) is 25.6. The molecule has 4 rings (SSSR count). The highest BCUT2D eigenvalue weighted by atomic mass is 19.4. The van der Waals surface area contributed by atoms with Crippen molar-refractivity contribution in [1.82, 2.24) is 19.4 Å². The Bertz CT molecular complexity index is 1350. The predicted octanol–water partition coefficient (Wildman–Crippen LogP) is 4.66. The van der Waals surface area contributed by atoms with Gasteiger partial charge in [0.1, 0.15) is 17.3 Å². The minimum absolute atomic E-state index is 0.0000429. The van der Waals surface area contributed by atoms with Crippen molar-refractivity contribution >= 4 is 16.9 Å². The average Bonchev–Trinajstić information content (AvgIpc) is 2.88. The van der Waals surface area contributed by atoms with Gasteiger partial charge in [-0.1, -0.05) is 26.0 Å². The van der Waals surface area contributed by atoms with E-state index in [2.05, 4.69) is 39.7 Å². The van der Waals surface area contributed by atoms with Gasteiger partial charge in [-0.05, 0) is 49.6 Å². The highest BCUT2D eigenvalue weighted by Gasteiger charge is 2.37. The lowest BCUT2D eigenvalue weighted by Gasteiger charge is -2.49. The quantitative estimate of drug-likeness (QED) is 0.509. The van der Waals surface area contributed by atoms with Gasteiger partial charge in [0.25, 0.3) is 0 Å². The first-order valence-corrected chi connectivity index (χ1v) is 12.1. The third-order valence-electron chi connectivity index (χ3n) is 7.22. The molecular weight excluding hydrogens is 469 g/mol. The summed E-state index contributed by atoms with van der Waals surface area (Å²) in [6.07, 6.45) is -2.80. The van der Waals surface area contributed by atoms with E-state index in [9.17, 15) is 23.2 Å². The Morgan fingerprint density at radius 3 is 2.31 bits per heavy atom. The molecule has 36 heavy (non-hydrogen) atoms. The van der Waals surface area contributed by atoms with E-state index in [1.54, 1.807) is 31.3 Å². The number of aryl methyl sites for hydroxylation is 1. The summed E-state index contributed by atoms with van der Waals surface area (Å²) in [5.74, 6) is 0.470. The molecule has 0 saturated carbocycles. The number of anilines is 1. The molecule has 1 aliphatic rings. The summed E-state index contributed by atoms with van der Waals surface area (Å²) in [5.41, 5.74) is 1.13. The molecule has 1 aliphatic heterocycles. The SMILES string of the molecule is CC[C@H]1CN([C@@H](C)c2ccc(C(F)(F)F)cc2)[C@H](CC)CN1c1nc(=O)n(C)c2ccc(C#N)nc12. The first-order chi connectivity index (χ1) is 17.1. The van der Waals surface area contributed by atoms with E-state index in [1.807, 2.05) is 6.92 Å². The number of hydrogen-bond acceptors (Lipinski definition) is 6. The summed E-state index contributed by atoms with van der Waals surface area (Å²) >= 11 is 0. The second-order valence-electron chi connectivity index (χ2n) is 9.22. The number of nitriles is 1. The summed E-state index contributed by atoms with van der Waals surface area (Å²) in [5, 5.41) is 9.38. The summed E-state index contributed by atoms with van der Waals surface area (Å²) in [6, 6.07) is 10.7. The summed E-state index contributed by atoms with van der Waals surface area (Å²) < 4.78 is 40.5. The Morgan fingerprint density at radius 2 is 1.72 bits per heavy atom. The van der Waals surface area contributed by atoms with Crippen molar-refractivity contribution in [2.45, 2.75) is 57.9 Å². The van der Waals surface area contributed by atoms with Crippen molar-refractivity contribution in [3.05, 3.63) is 63.7 Å². The van der Waals surface area contributed by atoms with Gasteiger partial charge in [0.2, 0.25) is 0 Å². The van der Waals surface area contributed by atoms with Crippen LogP contribution in [0.15, 0.2) is 41.2 Å². The minimum atomic E-state index is -4.37. The highest BCUT2D eigenvalue weighted by Crippen LogP contribution is 2.35. The van der Waals surface area contributed by atoms with E-state index in [4.69, 9.17) is 0 Å². The van der Waals surface area contributed by atoms with Crippen LogP contribution in [0.4, 0.5) is 19.0 Å². The Kier molecular flexibility index (Phi) is 7.05. The fourth-order valence-corrected chi connectivity index (χ4v) is 5.03. The van der Waals surface area contributed by atoms with Crippen molar-refractivity contribution in [2.24, 2.45) is 7.05 Å². The molecule has 0 unspecified atom stereocenters. The normalized spacial score (nSPS) is 19.9. The Labute approximate surface area is 207 Å². The van der Waals surface area contributed by atoms with E-state index < -0.39 is 17.4 Å². The molecular formula is C26H29F3N6O. The topological polar surface area (TPSA) is 78.0 Å². The number of aromatic nitrogens is 3. The predicted molar refractivity (Wildman–Crippen MR) is 132 cm³/mol. The number of piperazine rings is 1. The van der Waals surface area contributed by atoms with Gasteiger partial charge in [-0.15, -0.1) is 0 Å². The highest BCUT2D eigenvalue weighted by molar-refractivity contribution is 5.86. The molecule has 7 nitrogen and oxygen atoms in total. The molecule has 0 N–H and O–H groups in total. The zero-order valence-electron chi connectivity index (χ0n) is 20.8. The molecule has 0 aliphatic carbocycles. The zero-order chi connectivity index (χ0) is 26.2. The number of halogens is 3. The smallest absolute Gasteiger partial charge is 0.349 e. The maximum Gasteiger partial charge on any atom is 0.416 e. The summed E-state index contributed by atoms with van der Waals surface area (Å²) in [6.45, 7) is 7.37. The van der Waals surface area contributed by atoms with Crippen molar-refractivity contribution in [2.75, 3.05) is 18.0 Å². The molecule has 10 heteroatoms. The molecule has 0 amide bonds. The minimum Gasteiger partial charge on any atom is -0.349 e. The third-order valence-corrected chi connectivity index (χ3v) is 7.22. The Morgan fingerprint density at radius 1 is 1.06 bits per heavy atom. The fraction of sp³-hybridized carbons (Fsp3) is 0.462. The molecule has 190 valence electrons. The molecule has 3 atom stereocenters. The van der Waals surface area contributed by atoms with Crippen LogP contribution in [-0.2, 0) is 13.2 Å². The maximum absolute atomic E-state index is 13.0. The van der Waals surface area contributed by atoms with Gasteiger partial charge in [0.05, 0.1) is 11.1 Å². The second-order valence-corrected chi connectivity index (χ2v) is 9.22. The third kappa shape index (κ3) is 4.67. The van der Waals surface area contributed by atoms with Crippen molar-refractivity contribution in [3.63, 3.8) is 0 Å². The number of rotatable bonds is 5. The van der Waals surface area contributed by atoms with Crippen molar-refractivity contribution in [3.8, 4) is 6.07 Å². The van der Waals surface area contributed by atoms with Gasteiger partial charge in [-0.2, -0.15) is 23.4 Å². The maximum atomic E-state index is 13.0. The first-order valence-electron chi connectivity index (χ1n) is 12.1. The molecule has 3 heterocycles. The van der Waals surface area contributed by atoms with Crippen LogP contribution >= 0.6 is 0 Å². The van der Waals surface area contributed by atoms with Crippen LogP contribution in [0, 0.1) is 11.3 Å². The van der Waals surface area contributed by atoms with E-state index in [1.165, 1.54) is 4.57 Å². The number of hydrogen-bond donors (Lipinski definition) is 0. The largest absolute Gasteiger partial charge is 0.416 e. The lowest BCUT2D eigenvalue weighted by atomic mass is 9.96. The van der Waals surface area contributed by atoms with Crippen LogP contribution in [0.25, 0.3) is 11.0 Å². The van der Waals surface area contributed by atoms with E-state index in [-0.39, 0.29) is 23.8 Å². The zero-order valence-corrected chi connectivity index (χ0v) is 20.8. The molecule has 1 aromatic carbocycles. The molecule has 1 fully saturated rings.